The van der Waals surface area contributed by atoms with E-state index in [4.69, 9.17) is 23.7 Å². The van der Waals surface area contributed by atoms with E-state index in [1.807, 2.05) is 0 Å². The molecule has 12 heteroatoms. The zero-order chi connectivity index (χ0) is 29.5. The summed E-state index contributed by atoms with van der Waals surface area (Å²) in [5.41, 5.74) is 0.171. The molecule has 0 radical (unpaired) electrons. The number of nitrogens with zero attached hydrogens (tertiary/aromatic N) is 1. The average Bonchev–Trinajstić information content (AvgIpc) is 3.29. The van der Waals surface area contributed by atoms with E-state index >= 15 is 0 Å². The zero-order valence-electron chi connectivity index (χ0n) is 21.9. The topological polar surface area (TPSA) is 158 Å². The van der Waals surface area contributed by atoms with Crippen LogP contribution in [0.25, 0.3) is 0 Å². The van der Waals surface area contributed by atoms with Crippen molar-refractivity contribution in [1.29, 1.82) is 0 Å². The highest BCUT2D eigenvalue weighted by Crippen LogP contribution is 2.32. The predicted octanol–water partition coefficient (Wildman–Crippen LogP) is 3.88. The Labute approximate surface area is 233 Å². The number of esters is 4. The van der Waals surface area contributed by atoms with Crippen molar-refractivity contribution in [2.24, 2.45) is 0 Å². The Morgan fingerprint density at radius 2 is 1.22 bits per heavy atom. The van der Waals surface area contributed by atoms with Crippen molar-refractivity contribution in [3.05, 3.63) is 112 Å². The Morgan fingerprint density at radius 1 is 0.732 bits per heavy atom. The van der Waals surface area contributed by atoms with Crippen LogP contribution in [0.4, 0.5) is 5.69 Å². The molecule has 0 N–H and O–H groups in total. The first-order valence-electron chi connectivity index (χ1n) is 12.4. The predicted molar refractivity (Wildman–Crippen MR) is 140 cm³/mol. The number of hydrogen-bond donors (Lipinski definition) is 0. The van der Waals surface area contributed by atoms with Crippen LogP contribution in [0.1, 0.15) is 44.9 Å². The van der Waals surface area contributed by atoms with Gasteiger partial charge in [0.1, 0.15) is 12.2 Å². The lowest BCUT2D eigenvalue weighted by Crippen LogP contribution is -2.45. The third kappa shape index (κ3) is 7.11. The maximum absolute atomic E-state index is 13.0. The Balaban J connectivity index is 1.62. The van der Waals surface area contributed by atoms with Crippen LogP contribution < -0.4 is 0 Å². The Kier molecular flexibility index (Phi) is 9.05. The van der Waals surface area contributed by atoms with Gasteiger partial charge in [-0.3, -0.25) is 14.9 Å². The first kappa shape index (κ1) is 28.9. The van der Waals surface area contributed by atoms with Gasteiger partial charge in [-0.15, -0.1) is 0 Å². The molecule has 0 spiro atoms. The van der Waals surface area contributed by atoms with Crippen LogP contribution in [0.15, 0.2) is 84.9 Å². The summed E-state index contributed by atoms with van der Waals surface area (Å²) in [7, 11) is 0. The number of hydrogen-bond acceptors (Lipinski definition) is 11. The van der Waals surface area contributed by atoms with Crippen LogP contribution in [0, 0.1) is 10.1 Å². The number of nitro benzene ring substituents is 1. The molecule has 1 heterocycles. The van der Waals surface area contributed by atoms with E-state index in [0.29, 0.717) is 0 Å². The van der Waals surface area contributed by atoms with E-state index in [9.17, 15) is 29.3 Å². The van der Waals surface area contributed by atoms with Crippen LogP contribution >= 0.6 is 0 Å². The summed E-state index contributed by atoms with van der Waals surface area (Å²) in [5.74, 6) is -3.20. The highest BCUT2D eigenvalue weighted by atomic mass is 16.8. The monoisotopic (exact) mass is 563 g/mol. The van der Waals surface area contributed by atoms with E-state index in [1.165, 1.54) is 43.3 Å². The zero-order valence-corrected chi connectivity index (χ0v) is 21.9. The normalized spacial score (nSPS) is 20.3. The minimum Gasteiger partial charge on any atom is -0.456 e. The molecule has 3 aromatic carbocycles. The Bertz CT molecular complexity index is 1410. The number of rotatable bonds is 9. The molecule has 1 unspecified atom stereocenters. The fourth-order valence-corrected chi connectivity index (χ4v) is 4.10. The molecular weight excluding hydrogens is 538 g/mol. The largest absolute Gasteiger partial charge is 0.456 e. The third-order valence-electron chi connectivity index (χ3n) is 6.06. The second-order valence-electron chi connectivity index (χ2n) is 8.96. The van der Waals surface area contributed by atoms with Gasteiger partial charge in [0.05, 0.1) is 21.6 Å². The van der Waals surface area contributed by atoms with Gasteiger partial charge in [0.2, 0.25) is 12.4 Å². The fraction of sp³-hybridized carbons (Fsp3) is 0.241. The van der Waals surface area contributed by atoms with E-state index < -0.39 is 59.5 Å². The molecule has 212 valence electrons. The number of ether oxygens (including phenoxy) is 5. The molecule has 1 aliphatic rings. The summed E-state index contributed by atoms with van der Waals surface area (Å²) in [6, 6.07) is 20.7. The third-order valence-corrected chi connectivity index (χ3v) is 6.06. The SMILES string of the molecule is CC(=O)OC1O[C@H]([C@H](C)OC(=O)c2ccc([N+](=O)[O-])cc2)[C@@H](OC(=O)c2ccccc2)[C@H]1OC(=O)c1ccccc1. The molecule has 12 nitrogen and oxygen atoms in total. The van der Waals surface area contributed by atoms with Crippen LogP contribution in [0.5, 0.6) is 0 Å². The molecule has 41 heavy (non-hydrogen) atoms. The van der Waals surface area contributed by atoms with Gasteiger partial charge in [-0.2, -0.15) is 0 Å². The van der Waals surface area contributed by atoms with Gasteiger partial charge in [-0.25, -0.2) is 14.4 Å². The molecule has 5 atom stereocenters. The van der Waals surface area contributed by atoms with Crippen LogP contribution in [0.2, 0.25) is 0 Å². The molecule has 0 aromatic heterocycles. The lowest BCUT2D eigenvalue weighted by atomic mass is 10.1. The maximum atomic E-state index is 13.0. The highest BCUT2D eigenvalue weighted by molar-refractivity contribution is 5.91. The molecule has 0 aliphatic carbocycles. The molecule has 1 aliphatic heterocycles. The standard InChI is InChI=1S/C29H25NO11/c1-17(37-26(32)21-13-15-22(16-14-21)30(35)36)23-24(39-27(33)19-9-5-3-6-10-19)25(29(41-23)38-18(2)31)40-28(34)20-11-7-4-8-12-20/h3-17,23-25,29H,1-2H3/t17-,23+,24+,25+,29?/m0/s1. The molecular formula is C29H25NO11. The highest BCUT2D eigenvalue weighted by Gasteiger charge is 2.54. The Hall–Kier alpha value is -5.10. The Morgan fingerprint density at radius 3 is 1.71 bits per heavy atom. The van der Waals surface area contributed by atoms with Gasteiger partial charge >= 0.3 is 23.9 Å². The van der Waals surface area contributed by atoms with Crippen molar-refractivity contribution in [1.82, 2.24) is 0 Å². The lowest BCUT2D eigenvalue weighted by molar-refractivity contribution is -0.384. The van der Waals surface area contributed by atoms with E-state index in [2.05, 4.69) is 0 Å². The molecule has 0 amide bonds. The number of carbonyl (C=O) groups is 4. The first-order valence-corrected chi connectivity index (χ1v) is 12.4. The smallest absolute Gasteiger partial charge is 0.338 e. The van der Waals surface area contributed by atoms with Gasteiger partial charge in [0, 0.05) is 19.1 Å². The summed E-state index contributed by atoms with van der Waals surface area (Å²) in [6.07, 6.45) is -6.68. The van der Waals surface area contributed by atoms with E-state index in [0.717, 1.165) is 19.1 Å². The van der Waals surface area contributed by atoms with Crippen LogP contribution in [-0.4, -0.2) is 59.5 Å². The second kappa shape index (κ2) is 12.8. The molecule has 3 aromatic rings. The lowest BCUT2D eigenvalue weighted by Gasteiger charge is -2.26. The molecule has 1 saturated heterocycles. The number of nitro groups is 1. The van der Waals surface area contributed by atoms with Gasteiger partial charge < -0.3 is 23.7 Å². The van der Waals surface area contributed by atoms with E-state index in [-0.39, 0.29) is 22.4 Å². The summed E-state index contributed by atoms with van der Waals surface area (Å²) < 4.78 is 28.0. The number of carbonyl (C=O) groups excluding carboxylic acids is 4. The minimum atomic E-state index is -1.50. The summed E-state index contributed by atoms with van der Waals surface area (Å²) >= 11 is 0. The summed E-state index contributed by atoms with van der Waals surface area (Å²) in [6.45, 7) is 2.57. The fourth-order valence-electron chi connectivity index (χ4n) is 4.10. The molecule has 0 saturated carbocycles. The number of non-ortho nitro benzene ring substituents is 1. The van der Waals surface area contributed by atoms with Crippen molar-refractivity contribution < 1.29 is 47.8 Å². The van der Waals surface area contributed by atoms with Crippen molar-refractivity contribution in [2.45, 2.75) is 44.6 Å². The van der Waals surface area contributed by atoms with Crippen molar-refractivity contribution in [3.8, 4) is 0 Å². The van der Waals surface area contributed by atoms with Gasteiger partial charge in [0.25, 0.3) is 5.69 Å². The van der Waals surface area contributed by atoms with Crippen molar-refractivity contribution in [2.75, 3.05) is 0 Å². The minimum absolute atomic E-state index is 0.0156. The second-order valence-corrected chi connectivity index (χ2v) is 8.96. The van der Waals surface area contributed by atoms with Crippen molar-refractivity contribution in [3.63, 3.8) is 0 Å². The maximum Gasteiger partial charge on any atom is 0.338 e. The summed E-state index contributed by atoms with van der Waals surface area (Å²) in [4.78, 5) is 61.0. The van der Waals surface area contributed by atoms with Crippen LogP contribution in [0.3, 0.4) is 0 Å². The van der Waals surface area contributed by atoms with Gasteiger partial charge in [-0.1, -0.05) is 36.4 Å². The summed E-state index contributed by atoms with van der Waals surface area (Å²) in [5, 5.41) is 10.9. The molecule has 4 rings (SSSR count). The van der Waals surface area contributed by atoms with Crippen LogP contribution in [-0.2, 0) is 28.5 Å². The number of benzene rings is 3. The van der Waals surface area contributed by atoms with Crippen molar-refractivity contribution >= 4 is 29.6 Å². The quantitative estimate of drug-likeness (QED) is 0.161. The molecule has 1 fully saturated rings. The average molecular weight is 564 g/mol. The first-order chi connectivity index (χ1) is 19.6. The van der Waals surface area contributed by atoms with E-state index in [1.54, 1.807) is 36.4 Å². The van der Waals surface area contributed by atoms with Gasteiger partial charge in [0.15, 0.2) is 6.10 Å². The van der Waals surface area contributed by atoms with Gasteiger partial charge in [-0.05, 0) is 43.3 Å². The molecule has 0 bridgehead atoms.